The minimum absolute atomic E-state index is 0.00976. The Hall–Kier alpha value is -9.82. The van der Waals surface area contributed by atoms with E-state index in [4.69, 9.17) is 14.6 Å². The van der Waals surface area contributed by atoms with Crippen molar-refractivity contribution in [3.05, 3.63) is 71.6 Å². The number of hydrogen-bond acceptors (Lipinski definition) is 23. The number of aromatic nitrogens is 4. The number of nitrogens with one attached hydrogen (secondary N) is 11. The molecule has 0 aromatic carbocycles. The van der Waals surface area contributed by atoms with Gasteiger partial charge in [-0.25, -0.2) is 4.79 Å². The molecule has 7 aliphatic rings. The van der Waals surface area contributed by atoms with Crippen molar-refractivity contribution in [1.29, 1.82) is 0 Å². The van der Waals surface area contributed by atoms with Crippen LogP contribution in [0.25, 0.3) is 0 Å². The van der Waals surface area contributed by atoms with Crippen molar-refractivity contribution in [2.24, 2.45) is 96.9 Å². The van der Waals surface area contributed by atoms with Crippen LogP contribution < -0.4 is 58.5 Å². The number of piperidine rings is 1. The van der Waals surface area contributed by atoms with Crippen LogP contribution in [0.5, 0.6) is 0 Å². The van der Waals surface area contributed by atoms with Crippen molar-refractivity contribution >= 4 is 82.6 Å². The monoisotopic (exact) mass is 1960 g/mol. The van der Waals surface area contributed by atoms with E-state index in [0.717, 1.165) is 141 Å². The molecule has 3 atom stereocenters. The number of ether oxygens (including phenoxy) is 2. The molecule has 12 amide bonds. The minimum Gasteiger partial charge on any atom is -0.462 e. The summed E-state index contributed by atoms with van der Waals surface area (Å²) < 4.78 is 13.8. The number of nitrogens with zero attached hydrogens (tertiary/aromatic N) is 8. The van der Waals surface area contributed by atoms with E-state index in [0.29, 0.717) is 113 Å². The molecule has 3 aromatic heterocycles. The number of carbonyl (C=O) groups is 14. The Labute approximate surface area is 830 Å². The number of amides is 12. The zero-order chi connectivity index (χ0) is 105. The Morgan fingerprint density at radius 3 is 1.28 bits per heavy atom. The number of aliphatic hydroxyl groups excluding tert-OH is 2. The van der Waals surface area contributed by atoms with E-state index >= 15 is 0 Å². The van der Waals surface area contributed by atoms with Crippen LogP contribution >= 0.6 is 0 Å². The maximum Gasteiger partial charge on any atom is 0.339 e. The van der Waals surface area contributed by atoms with Gasteiger partial charge in [0.05, 0.1) is 54.8 Å². The van der Waals surface area contributed by atoms with Crippen molar-refractivity contribution in [2.45, 2.75) is 254 Å². The SMILES string of the molecule is CC(C)C(=O)NCC1CCCC(=O)C1.CC(C)C(=O)NCC1CCN(C)CC1.CC(C)C(=O)NCC1CCNC1=O.CC(C)C(=O)NCC1CCOCC1.CC(C)C(=O)NCCN1CC(O)C1.CC(C)C(=O)NCCN1CCC(O)C1.CC(C)C(=O)NCCN1CCCC1=O.CC(C)C(=O)NCc1ccn(C)c1.CC(C)C(=O)NCc1ccn(C)n1.CCOC(=O)c1ccc(CNC(=O)C(C)C)nc1. The zero-order valence-electron chi connectivity index (χ0n) is 88.8. The molecule has 0 bridgehead atoms. The predicted octanol–water partition coefficient (Wildman–Crippen LogP) is 6.86. The van der Waals surface area contributed by atoms with Gasteiger partial charge in [-0.3, -0.25) is 81.8 Å². The molecule has 9 heterocycles. The van der Waals surface area contributed by atoms with Gasteiger partial charge in [0.2, 0.25) is 70.9 Å². The quantitative estimate of drug-likeness (QED) is 0.0267. The molecule has 13 N–H and O–H groups in total. The molecule has 0 radical (unpaired) electrons. The summed E-state index contributed by atoms with van der Waals surface area (Å²) >= 11 is 0. The maximum atomic E-state index is 11.4. The summed E-state index contributed by atoms with van der Waals surface area (Å²) in [6.45, 7) is 57.0. The Bertz CT molecular complexity index is 3970. The third-order valence-electron chi connectivity index (χ3n) is 23.2. The Morgan fingerprint density at radius 2 is 0.885 bits per heavy atom. The van der Waals surface area contributed by atoms with Crippen LogP contribution in [0.2, 0.25) is 0 Å². The van der Waals surface area contributed by atoms with Crippen molar-refractivity contribution in [2.75, 3.05) is 145 Å². The van der Waals surface area contributed by atoms with Crippen LogP contribution in [0.3, 0.4) is 0 Å². The molecule has 37 heteroatoms. The summed E-state index contributed by atoms with van der Waals surface area (Å²) in [5, 5.41) is 53.6. The number of aryl methyl sites for hydroxylation is 2. The smallest absolute Gasteiger partial charge is 0.339 e. The second kappa shape index (κ2) is 72.4. The molecule has 7 fully saturated rings. The lowest BCUT2D eigenvalue weighted by Gasteiger charge is -2.35. The fourth-order valence-corrected chi connectivity index (χ4v) is 13.6. The molecule has 1 aliphatic carbocycles. The first-order valence-corrected chi connectivity index (χ1v) is 50.6. The number of likely N-dealkylation sites (tertiary alicyclic amines) is 4. The second-order valence-electron chi connectivity index (χ2n) is 39.7. The molecule has 792 valence electrons. The van der Waals surface area contributed by atoms with Crippen molar-refractivity contribution in [3.63, 3.8) is 0 Å². The van der Waals surface area contributed by atoms with E-state index in [1.165, 1.54) is 32.1 Å². The van der Waals surface area contributed by atoms with Crippen LogP contribution in [0.15, 0.2) is 49.1 Å². The van der Waals surface area contributed by atoms with Gasteiger partial charge in [-0.05, 0) is 132 Å². The number of carbonyl (C=O) groups excluding carboxylic acids is 14. The molecular formula is C102H181N19O18. The van der Waals surface area contributed by atoms with Crippen LogP contribution in [-0.4, -0.2) is 289 Å². The topological polar surface area (TPSA) is 479 Å². The summed E-state index contributed by atoms with van der Waals surface area (Å²) in [5.74, 6) is 3.13. The van der Waals surface area contributed by atoms with Gasteiger partial charge in [0.25, 0.3) is 0 Å². The van der Waals surface area contributed by atoms with Gasteiger partial charge in [0.15, 0.2) is 0 Å². The number of ketones is 1. The zero-order valence-corrected chi connectivity index (χ0v) is 88.8. The van der Waals surface area contributed by atoms with Crippen LogP contribution in [0, 0.1) is 82.9 Å². The van der Waals surface area contributed by atoms with E-state index in [9.17, 15) is 72.2 Å². The third-order valence-corrected chi connectivity index (χ3v) is 23.2. The fraction of sp³-hybridized carbons (Fsp3) is 0.745. The molecule has 3 unspecified atom stereocenters. The normalized spacial score (nSPS) is 17.1. The van der Waals surface area contributed by atoms with Gasteiger partial charge < -0.3 is 92.5 Å². The maximum absolute atomic E-state index is 11.4. The molecular weight excluding hydrogens is 1780 g/mol. The van der Waals surface area contributed by atoms with Gasteiger partial charge in [0, 0.05) is 242 Å². The predicted molar refractivity (Wildman–Crippen MR) is 541 cm³/mol. The highest BCUT2D eigenvalue weighted by molar-refractivity contribution is 5.89. The minimum atomic E-state index is -0.386. The van der Waals surface area contributed by atoms with Gasteiger partial charge in [-0.2, -0.15) is 5.10 Å². The Morgan fingerprint density at radius 1 is 0.446 bits per heavy atom. The van der Waals surface area contributed by atoms with E-state index in [1.54, 1.807) is 28.6 Å². The lowest BCUT2D eigenvalue weighted by molar-refractivity contribution is -0.129. The molecule has 37 nitrogen and oxygen atoms in total. The molecule has 6 aliphatic heterocycles. The van der Waals surface area contributed by atoms with Crippen LogP contribution in [0.4, 0.5) is 0 Å². The van der Waals surface area contributed by atoms with Gasteiger partial charge in [0.1, 0.15) is 5.78 Å². The second-order valence-corrected chi connectivity index (χ2v) is 39.7. The molecule has 1 saturated carbocycles. The number of aliphatic hydroxyl groups is 2. The average Bonchev–Trinajstić information content (AvgIpc) is 1.68. The van der Waals surface area contributed by atoms with Crippen molar-refractivity contribution < 1.29 is 86.8 Å². The summed E-state index contributed by atoms with van der Waals surface area (Å²) in [5.41, 5.74) is 3.14. The highest BCUT2D eigenvalue weighted by Crippen LogP contribution is 2.22. The lowest BCUT2D eigenvalue weighted by atomic mass is 9.88. The molecule has 139 heavy (non-hydrogen) atoms. The number of β-amino-alcohol motifs (C(OH)–C–C–N with tert-alkyl or cyclic N) is 2. The number of rotatable bonds is 35. The van der Waals surface area contributed by atoms with Crippen molar-refractivity contribution in [1.82, 2.24) is 97.4 Å². The number of esters is 1. The van der Waals surface area contributed by atoms with E-state index in [2.05, 4.69) is 90.3 Å². The first-order valence-electron chi connectivity index (χ1n) is 50.6. The number of hydrogen-bond donors (Lipinski definition) is 13. The highest BCUT2D eigenvalue weighted by Gasteiger charge is 2.28. The molecule has 0 spiro atoms. The van der Waals surface area contributed by atoms with Crippen LogP contribution in [-0.2, 0) is 106 Å². The lowest BCUT2D eigenvalue weighted by Crippen LogP contribution is -2.52. The number of Topliss-reactive ketones (excluding diaryl/α,β-unsaturated/α-hetero) is 1. The average molecular weight is 1960 g/mol. The fourth-order valence-electron chi connectivity index (χ4n) is 13.6. The molecule has 6 saturated heterocycles. The third kappa shape index (κ3) is 60.8. The Kier molecular flexibility index (Phi) is 66.3. The molecule has 3 aromatic rings. The molecule has 10 rings (SSSR count). The van der Waals surface area contributed by atoms with Gasteiger partial charge >= 0.3 is 5.97 Å². The Balaban J connectivity index is 0.000000773. The first-order chi connectivity index (χ1) is 65.5. The first kappa shape index (κ1) is 127. The van der Waals surface area contributed by atoms with Gasteiger partial charge in [-0.1, -0.05) is 138 Å². The largest absolute Gasteiger partial charge is 0.462 e. The highest BCUT2D eigenvalue weighted by atomic mass is 16.5. The van der Waals surface area contributed by atoms with E-state index < -0.39 is 0 Å². The summed E-state index contributed by atoms with van der Waals surface area (Å²) in [4.78, 5) is 170. The standard InChI is InChI=1S/C13H18N2O3.C11H22N2O.C11H19NO2.C10H20N2O2.C10H18N2O2.C10H16N2O.C10H19NO2.C9H15N3O.C9H18N2O2.C9H16N2O2/c1-4-18-13(17)10-5-6-11(14-7-10)8-15-12(16)9(2)3;1-9(2)11(14)12-8-10-4-6-13(3)7-5-10;1-8(2)11(14)12-7-9-4-3-5-10(13)6-9;1-8(2)10(14)11-4-6-12-5-3-9(13)7-12;1-8(2)10(14)11-5-7-12-6-3-4-9(12)13;1-8(2)10(13)11-6-9-4-5-12(3)7-9;1-8(2)10(12)11-7-9-3-5-13-6-4-9;1-7(2)9(13)10-6-8-4-5-12(3)11-8;1-7(2)9(13)10-3-4-11-5-8(12)6-11;1-6(2)8(12)11-5-7-3-4-10-9(7)13/h5-7,9H,4,8H2,1-3H3,(H,15,16);9-10H,4-8H2,1-3H3,(H,12,14);8-9H,3-7H2,1-2H3,(H,12,14);8-9,13H,3-7H2,1-2H3,(H,11,14);8H,3-7H2,1-2H3,(H,11,14);4-5,7-8H,6H2,1-3H3,(H,11,13);8-9H,3-7H2,1-2H3,(H,11,12);4-5,7H,6H2,1-3H3,(H,10,13);7-8,12H,3-6H2,1-2H3,(H,10,13);6-7H,3-5H2,1-2H3,(H,10,13)(H,11,12). The summed E-state index contributed by atoms with van der Waals surface area (Å²) in [6.07, 6.45) is 18.3. The van der Waals surface area contributed by atoms with Crippen LogP contribution in [0.1, 0.15) is 250 Å². The number of pyridine rings is 1. The van der Waals surface area contributed by atoms with E-state index in [-0.39, 0.29) is 154 Å². The summed E-state index contributed by atoms with van der Waals surface area (Å²) in [6, 6.07) is 7.23. The van der Waals surface area contributed by atoms with Crippen molar-refractivity contribution in [3.8, 4) is 0 Å². The van der Waals surface area contributed by atoms with Gasteiger partial charge in [-0.15, -0.1) is 0 Å². The van der Waals surface area contributed by atoms with E-state index in [1.807, 2.05) is 188 Å². The summed E-state index contributed by atoms with van der Waals surface area (Å²) in [7, 11) is 5.98.